The van der Waals surface area contributed by atoms with E-state index in [0.717, 1.165) is 6.42 Å². The van der Waals surface area contributed by atoms with Gasteiger partial charge in [-0.1, -0.05) is 6.92 Å². The van der Waals surface area contributed by atoms with Crippen molar-refractivity contribution in [2.24, 2.45) is 0 Å². The molecule has 2 atom stereocenters. The van der Waals surface area contributed by atoms with Crippen molar-refractivity contribution in [1.29, 1.82) is 0 Å². The largest absolute Gasteiger partial charge is 0.480 e. The van der Waals surface area contributed by atoms with Crippen LogP contribution in [0.15, 0.2) is 0 Å². The summed E-state index contributed by atoms with van der Waals surface area (Å²) in [5.74, 6) is -1.09. The zero-order valence-electron chi connectivity index (χ0n) is 12.1. The van der Waals surface area contributed by atoms with Crippen LogP contribution in [0.1, 0.15) is 34.1 Å². The second-order valence-corrected chi connectivity index (χ2v) is 5.57. The first-order valence-electron chi connectivity index (χ1n) is 6.67. The molecule has 0 spiro atoms. The maximum Gasteiger partial charge on any atom is 0.323 e. The Bertz CT molecular complexity index is 344. The summed E-state index contributed by atoms with van der Waals surface area (Å²) in [7, 11) is 0. The lowest BCUT2D eigenvalue weighted by atomic mass is 10.0. The normalized spacial score (nSPS) is 22.8. The van der Waals surface area contributed by atoms with Crippen LogP contribution in [0.25, 0.3) is 0 Å². The van der Waals surface area contributed by atoms with Gasteiger partial charge in [-0.2, -0.15) is 0 Å². The van der Waals surface area contributed by atoms with E-state index in [4.69, 9.17) is 9.84 Å². The highest BCUT2D eigenvalue weighted by molar-refractivity contribution is 5.83. The number of morpholine rings is 1. The minimum atomic E-state index is -0.950. The number of rotatable bonds is 5. The van der Waals surface area contributed by atoms with Crippen molar-refractivity contribution < 1.29 is 19.4 Å². The molecule has 1 fully saturated rings. The van der Waals surface area contributed by atoms with Crippen molar-refractivity contribution in [2.45, 2.75) is 51.7 Å². The first-order chi connectivity index (χ1) is 8.78. The molecule has 0 saturated carbocycles. The van der Waals surface area contributed by atoms with Gasteiger partial charge in [0, 0.05) is 12.1 Å². The Morgan fingerprint density at radius 1 is 1.53 bits per heavy atom. The lowest BCUT2D eigenvalue weighted by Crippen LogP contribution is -2.59. The molecule has 6 heteroatoms. The molecule has 19 heavy (non-hydrogen) atoms. The van der Waals surface area contributed by atoms with Gasteiger partial charge in [-0.3, -0.25) is 14.5 Å². The fourth-order valence-electron chi connectivity index (χ4n) is 1.97. The molecule has 2 N–H and O–H groups in total. The lowest BCUT2D eigenvalue weighted by molar-refractivity contribution is -0.153. The van der Waals surface area contributed by atoms with E-state index < -0.39 is 18.1 Å². The van der Waals surface area contributed by atoms with Crippen LogP contribution < -0.4 is 5.32 Å². The average molecular weight is 272 g/mol. The molecule has 0 radical (unpaired) electrons. The minimum Gasteiger partial charge on any atom is -0.480 e. The summed E-state index contributed by atoms with van der Waals surface area (Å²) in [6.07, 6.45) is 0.816. The Hall–Kier alpha value is -1.14. The summed E-state index contributed by atoms with van der Waals surface area (Å²) in [5.41, 5.74) is -0.281. The Morgan fingerprint density at radius 3 is 2.68 bits per heavy atom. The van der Waals surface area contributed by atoms with E-state index in [1.165, 1.54) is 0 Å². The summed E-state index contributed by atoms with van der Waals surface area (Å²) < 4.78 is 5.17. The van der Waals surface area contributed by atoms with Crippen LogP contribution in [-0.4, -0.2) is 59.3 Å². The average Bonchev–Trinajstić information content (AvgIpc) is 2.37. The number of carbonyl (C=O) groups is 2. The van der Waals surface area contributed by atoms with Crippen molar-refractivity contribution in [1.82, 2.24) is 10.2 Å². The third-order valence-corrected chi connectivity index (χ3v) is 3.68. The van der Waals surface area contributed by atoms with Crippen LogP contribution in [0.4, 0.5) is 0 Å². The fourth-order valence-corrected chi connectivity index (χ4v) is 1.97. The summed E-state index contributed by atoms with van der Waals surface area (Å²) >= 11 is 0. The molecule has 1 amide bonds. The highest BCUT2D eigenvalue weighted by Gasteiger charge is 2.36. The number of carboxylic acids is 1. The van der Waals surface area contributed by atoms with E-state index in [2.05, 4.69) is 5.32 Å². The molecule has 1 rings (SSSR count). The van der Waals surface area contributed by atoms with Gasteiger partial charge in [0.15, 0.2) is 0 Å². The Kier molecular flexibility index (Phi) is 5.31. The van der Waals surface area contributed by atoms with Gasteiger partial charge >= 0.3 is 5.97 Å². The maximum atomic E-state index is 12.2. The van der Waals surface area contributed by atoms with E-state index in [1.807, 2.05) is 20.8 Å². The van der Waals surface area contributed by atoms with Crippen molar-refractivity contribution in [3.63, 3.8) is 0 Å². The number of hydrogen-bond donors (Lipinski definition) is 2. The van der Waals surface area contributed by atoms with Gasteiger partial charge in [0.1, 0.15) is 6.04 Å². The number of amides is 1. The highest BCUT2D eigenvalue weighted by atomic mass is 16.5. The van der Waals surface area contributed by atoms with Gasteiger partial charge in [-0.05, 0) is 27.2 Å². The van der Waals surface area contributed by atoms with Crippen molar-refractivity contribution in [3.8, 4) is 0 Å². The molecule has 0 bridgehead atoms. The number of nitrogens with zero attached hydrogens (tertiary/aromatic N) is 1. The first kappa shape index (κ1) is 15.9. The van der Waals surface area contributed by atoms with Crippen molar-refractivity contribution >= 4 is 11.9 Å². The monoisotopic (exact) mass is 272 g/mol. The van der Waals surface area contributed by atoms with E-state index >= 15 is 0 Å². The van der Waals surface area contributed by atoms with E-state index in [1.54, 1.807) is 11.8 Å². The van der Waals surface area contributed by atoms with Crippen LogP contribution >= 0.6 is 0 Å². The SMILES string of the molecule is CCC(C)(C)NC(=O)C(C)N1CCOCC1C(=O)O. The molecule has 0 aromatic carbocycles. The number of carbonyl (C=O) groups excluding carboxylic acids is 1. The predicted molar refractivity (Wildman–Crippen MR) is 70.9 cm³/mol. The number of ether oxygens (including phenoxy) is 1. The van der Waals surface area contributed by atoms with Gasteiger partial charge in [0.2, 0.25) is 5.91 Å². The molecule has 2 unspecified atom stereocenters. The first-order valence-corrected chi connectivity index (χ1v) is 6.67. The molecule has 0 aromatic rings. The van der Waals surface area contributed by atoms with Crippen molar-refractivity contribution in [3.05, 3.63) is 0 Å². The zero-order valence-corrected chi connectivity index (χ0v) is 12.1. The molecule has 0 aromatic heterocycles. The lowest BCUT2D eigenvalue weighted by Gasteiger charge is -2.37. The molecular formula is C13H24N2O4. The van der Waals surface area contributed by atoms with Gasteiger partial charge in [0.05, 0.1) is 19.3 Å². The number of carboxylic acid groups (broad SMARTS) is 1. The minimum absolute atomic E-state index is 0.129. The van der Waals surface area contributed by atoms with Gasteiger partial charge < -0.3 is 15.2 Å². The molecule has 1 saturated heterocycles. The third kappa shape index (κ3) is 4.18. The molecule has 0 aliphatic carbocycles. The smallest absolute Gasteiger partial charge is 0.323 e. The van der Waals surface area contributed by atoms with Crippen LogP contribution in [0, 0.1) is 0 Å². The molecule has 1 aliphatic rings. The zero-order chi connectivity index (χ0) is 14.6. The van der Waals surface area contributed by atoms with E-state index in [9.17, 15) is 9.59 Å². The summed E-state index contributed by atoms with van der Waals surface area (Å²) in [5, 5.41) is 12.1. The summed E-state index contributed by atoms with van der Waals surface area (Å²) in [6.45, 7) is 8.68. The second kappa shape index (κ2) is 6.34. The van der Waals surface area contributed by atoms with E-state index in [0.29, 0.717) is 13.2 Å². The number of nitrogens with one attached hydrogen (secondary N) is 1. The Labute approximate surface area is 114 Å². The van der Waals surface area contributed by atoms with Gasteiger partial charge in [-0.25, -0.2) is 0 Å². The van der Waals surface area contributed by atoms with Crippen molar-refractivity contribution in [2.75, 3.05) is 19.8 Å². The van der Waals surface area contributed by atoms with Gasteiger partial charge in [0.25, 0.3) is 0 Å². The van der Waals surface area contributed by atoms with Gasteiger partial charge in [-0.15, -0.1) is 0 Å². The summed E-state index contributed by atoms with van der Waals surface area (Å²) in [6, 6.07) is -1.23. The van der Waals surface area contributed by atoms with Crippen LogP contribution in [0.5, 0.6) is 0 Å². The maximum absolute atomic E-state index is 12.2. The number of aliphatic carboxylic acids is 1. The Balaban J connectivity index is 2.71. The highest BCUT2D eigenvalue weighted by Crippen LogP contribution is 2.14. The quantitative estimate of drug-likeness (QED) is 0.760. The Morgan fingerprint density at radius 2 is 2.16 bits per heavy atom. The van der Waals surface area contributed by atoms with E-state index in [-0.39, 0.29) is 18.1 Å². The standard InChI is InChI=1S/C13H24N2O4/c1-5-13(3,4)14-11(16)9(2)15-6-7-19-8-10(15)12(17)18/h9-10H,5-8H2,1-4H3,(H,14,16)(H,17,18). The molecule has 1 heterocycles. The van der Waals surface area contributed by atoms with Crippen LogP contribution in [0.3, 0.4) is 0 Å². The van der Waals surface area contributed by atoms with Crippen LogP contribution in [0.2, 0.25) is 0 Å². The molecular weight excluding hydrogens is 248 g/mol. The summed E-state index contributed by atoms with van der Waals surface area (Å²) in [4.78, 5) is 25.1. The number of hydrogen-bond acceptors (Lipinski definition) is 4. The topological polar surface area (TPSA) is 78.9 Å². The molecule has 6 nitrogen and oxygen atoms in total. The fraction of sp³-hybridized carbons (Fsp3) is 0.846. The molecule has 1 aliphatic heterocycles. The second-order valence-electron chi connectivity index (χ2n) is 5.57. The van der Waals surface area contributed by atoms with Crippen LogP contribution in [-0.2, 0) is 14.3 Å². The predicted octanol–water partition coefficient (Wildman–Crippen LogP) is 0.465. The third-order valence-electron chi connectivity index (χ3n) is 3.68. The molecule has 110 valence electrons.